The third-order valence-electron chi connectivity index (χ3n) is 5.79. The van der Waals surface area contributed by atoms with Gasteiger partial charge in [-0.3, -0.25) is 4.79 Å². The van der Waals surface area contributed by atoms with E-state index in [1.165, 1.54) is 15.6 Å². The maximum absolute atomic E-state index is 13.3. The van der Waals surface area contributed by atoms with E-state index < -0.39 is 10.0 Å². The molecule has 0 atom stereocenters. The van der Waals surface area contributed by atoms with Crippen molar-refractivity contribution in [1.29, 1.82) is 0 Å². The predicted octanol–water partition coefficient (Wildman–Crippen LogP) is 4.58. The van der Waals surface area contributed by atoms with Crippen molar-refractivity contribution < 1.29 is 17.7 Å². The zero-order chi connectivity index (χ0) is 23.8. The quantitative estimate of drug-likeness (QED) is 0.545. The van der Waals surface area contributed by atoms with Crippen molar-refractivity contribution in [3.8, 4) is 10.7 Å². The van der Waals surface area contributed by atoms with Gasteiger partial charge in [0.2, 0.25) is 27.6 Å². The van der Waals surface area contributed by atoms with Crippen LogP contribution in [0.2, 0.25) is 0 Å². The van der Waals surface area contributed by atoms with Gasteiger partial charge in [-0.05, 0) is 44.9 Å². The number of sulfonamides is 1. The minimum atomic E-state index is -3.68. The molecular formula is C23H28N4O4S2. The zero-order valence-electron chi connectivity index (χ0n) is 19.2. The van der Waals surface area contributed by atoms with Gasteiger partial charge in [-0.25, -0.2) is 8.42 Å². The van der Waals surface area contributed by atoms with Gasteiger partial charge in [0.1, 0.15) is 0 Å². The zero-order valence-corrected chi connectivity index (χ0v) is 20.8. The van der Waals surface area contributed by atoms with Crippen molar-refractivity contribution in [2.75, 3.05) is 18.4 Å². The third kappa shape index (κ3) is 5.02. The number of hydrogen-bond acceptors (Lipinski definition) is 7. The SMILES string of the molecule is Cc1ccc(NC(=O)C2CCN(S(=O)(=O)c3cc(-c4noc(C(C)C)n4)sc3C)CC2)cc1. The lowest BCUT2D eigenvalue weighted by Gasteiger charge is -2.30. The Morgan fingerprint density at radius 3 is 2.45 bits per heavy atom. The first-order chi connectivity index (χ1) is 15.6. The molecule has 1 saturated heterocycles. The molecular weight excluding hydrogens is 460 g/mol. The number of carbonyl (C=O) groups is 1. The van der Waals surface area contributed by atoms with E-state index in [1.54, 1.807) is 13.0 Å². The largest absolute Gasteiger partial charge is 0.339 e. The van der Waals surface area contributed by atoms with Gasteiger partial charge in [0, 0.05) is 35.5 Å². The van der Waals surface area contributed by atoms with Crippen LogP contribution in [0.5, 0.6) is 0 Å². The monoisotopic (exact) mass is 488 g/mol. The summed E-state index contributed by atoms with van der Waals surface area (Å²) in [6.07, 6.45) is 0.963. The van der Waals surface area contributed by atoms with Crippen LogP contribution < -0.4 is 5.32 Å². The molecule has 2 aromatic heterocycles. The number of piperidine rings is 1. The van der Waals surface area contributed by atoms with Crippen LogP contribution in [0.1, 0.15) is 48.9 Å². The highest BCUT2D eigenvalue weighted by atomic mass is 32.2. The Balaban J connectivity index is 1.43. The Hall–Kier alpha value is -2.56. The summed E-state index contributed by atoms with van der Waals surface area (Å²) in [6, 6.07) is 9.26. The Kier molecular flexibility index (Phi) is 6.69. The van der Waals surface area contributed by atoms with Gasteiger partial charge in [0.05, 0.1) is 9.77 Å². The Bertz CT molecular complexity index is 1240. The van der Waals surface area contributed by atoms with E-state index in [2.05, 4.69) is 15.5 Å². The normalized spacial score (nSPS) is 15.8. The lowest BCUT2D eigenvalue weighted by molar-refractivity contribution is -0.120. The van der Waals surface area contributed by atoms with Crippen LogP contribution in [0.4, 0.5) is 5.69 Å². The predicted molar refractivity (Wildman–Crippen MR) is 128 cm³/mol. The topological polar surface area (TPSA) is 105 Å². The lowest BCUT2D eigenvalue weighted by Crippen LogP contribution is -2.41. The number of carbonyl (C=O) groups excluding carboxylic acids is 1. The molecule has 0 unspecified atom stereocenters. The van der Waals surface area contributed by atoms with Crippen LogP contribution in [-0.4, -0.2) is 41.9 Å². The Morgan fingerprint density at radius 1 is 1.18 bits per heavy atom. The summed E-state index contributed by atoms with van der Waals surface area (Å²) in [7, 11) is -3.68. The fourth-order valence-electron chi connectivity index (χ4n) is 3.78. The minimum Gasteiger partial charge on any atom is -0.339 e. The molecule has 4 rings (SSSR count). The summed E-state index contributed by atoms with van der Waals surface area (Å²) in [4.78, 5) is 18.6. The average Bonchev–Trinajstić information content (AvgIpc) is 3.43. The highest BCUT2D eigenvalue weighted by Gasteiger charge is 2.34. The molecule has 8 nitrogen and oxygen atoms in total. The van der Waals surface area contributed by atoms with E-state index in [-0.39, 0.29) is 22.6 Å². The molecule has 0 bridgehead atoms. The number of aromatic nitrogens is 2. The summed E-state index contributed by atoms with van der Waals surface area (Å²) >= 11 is 1.34. The first kappa shape index (κ1) is 23.6. The molecule has 1 aliphatic heterocycles. The molecule has 10 heteroatoms. The molecule has 1 aromatic carbocycles. The molecule has 176 valence electrons. The average molecular weight is 489 g/mol. The summed E-state index contributed by atoms with van der Waals surface area (Å²) in [5.41, 5.74) is 1.88. The van der Waals surface area contributed by atoms with E-state index in [9.17, 15) is 13.2 Å². The second-order valence-corrected chi connectivity index (χ2v) is 11.8. The number of anilines is 1. The molecule has 1 fully saturated rings. The fourth-order valence-corrected chi connectivity index (χ4v) is 6.74. The Labute approximate surface area is 198 Å². The lowest BCUT2D eigenvalue weighted by atomic mass is 9.97. The van der Waals surface area contributed by atoms with E-state index in [4.69, 9.17) is 4.52 Å². The molecule has 1 aliphatic rings. The summed E-state index contributed by atoms with van der Waals surface area (Å²) in [5.74, 6) is 0.736. The van der Waals surface area contributed by atoms with Gasteiger partial charge in [-0.2, -0.15) is 9.29 Å². The molecule has 3 heterocycles. The van der Waals surface area contributed by atoms with Crippen molar-refractivity contribution >= 4 is 33.0 Å². The van der Waals surface area contributed by atoms with Crippen molar-refractivity contribution in [2.45, 2.75) is 51.3 Å². The molecule has 33 heavy (non-hydrogen) atoms. The van der Waals surface area contributed by atoms with Gasteiger partial charge < -0.3 is 9.84 Å². The number of thiophene rings is 1. The van der Waals surface area contributed by atoms with Gasteiger partial charge >= 0.3 is 0 Å². The third-order valence-corrected chi connectivity index (χ3v) is 8.99. The number of rotatable bonds is 6. The second kappa shape index (κ2) is 9.36. The number of hydrogen-bond donors (Lipinski definition) is 1. The van der Waals surface area contributed by atoms with Gasteiger partial charge in [-0.15, -0.1) is 11.3 Å². The molecule has 3 aromatic rings. The van der Waals surface area contributed by atoms with Crippen molar-refractivity contribution in [1.82, 2.24) is 14.4 Å². The van der Waals surface area contributed by atoms with Crippen LogP contribution in [-0.2, 0) is 14.8 Å². The number of nitrogens with one attached hydrogen (secondary N) is 1. The summed E-state index contributed by atoms with van der Waals surface area (Å²) < 4.78 is 33.4. The smallest absolute Gasteiger partial charge is 0.244 e. The molecule has 0 spiro atoms. The van der Waals surface area contributed by atoms with E-state index in [0.29, 0.717) is 47.4 Å². The van der Waals surface area contributed by atoms with Crippen molar-refractivity contribution in [3.05, 3.63) is 46.7 Å². The summed E-state index contributed by atoms with van der Waals surface area (Å²) in [5, 5.41) is 6.93. The first-order valence-electron chi connectivity index (χ1n) is 11.0. The number of aryl methyl sites for hydroxylation is 2. The number of benzene rings is 1. The first-order valence-corrected chi connectivity index (χ1v) is 13.2. The fraction of sp³-hybridized carbons (Fsp3) is 0.435. The molecule has 0 aliphatic carbocycles. The van der Waals surface area contributed by atoms with Crippen LogP contribution in [0.15, 0.2) is 39.8 Å². The highest BCUT2D eigenvalue weighted by Crippen LogP contribution is 2.35. The van der Waals surface area contributed by atoms with Crippen molar-refractivity contribution in [3.63, 3.8) is 0 Å². The van der Waals surface area contributed by atoms with Crippen LogP contribution in [0.3, 0.4) is 0 Å². The van der Waals surface area contributed by atoms with Gasteiger partial charge in [0.15, 0.2) is 0 Å². The molecule has 1 amide bonds. The van der Waals surface area contributed by atoms with Crippen LogP contribution in [0, 0.1) is 19.8 Å². The maximum atomic E-state index is 13.3. The number of nitrogens with zero attached hydrogens (tertiary/aromatic N) is 3. The standard InChI is InChI=1S/C23H28N4O4S2/c1-14(2)23-25-21(26-31-23)19-13-20(16(4)32-19)33(29,30)27-11-9-17(10-12-27)22(28)24-18-7-5-15(3)6-8-18/h5-8,13-14,17H,9-12H2,1-4H3,(H,24,28). The van der Waals surface area contributed by atoms with Crippen LogP contribution in [0.25, 0.3) is 10.7 Å². The molecule has 0 radical (unpaired) electrons. The van der Waals surface area contributed by atoms with E-state index >= 15 is 0 Å². The minimum absolute atomic E-state index is 0.0667. The second-order valence-electron chi connectivity index (χ2n) is 8.68. The van der Waals surface area contributed by atoms with E-state index in [0.717, 1.165) is 11.3 Å². The summed E-state index contributed by atoms with van der Waals surface area (Å²) in [6.45, 7) is 8.30. The van der Waals surface area contributed by atoms with E-state index in [1.807, 2.05) is 45.0 Å². The Morgan fingerprint density at radius 2 is 1.85 bits per heavy atom. The van der Waals surface area contributed by atoms with Gasteiger partial charge in [0.25, 0.3) is 0 Å². The maximum Gasteiger partial charge on any atom is 0.244 e. The van der Waals surface area contributed by atoms with Crippen LogP contribution >= 0.6 is 11.3 Å². The number of amides is 1. The highest BCUT2D eigenvalue weighted by molar-refractivity contribution is 7.89. The molecule has 1 N–H and O–H groups in total. The van der Waals surface area contributed by atoms with Gasteiger partial charge in [-0.1, -0.05) is 36.7 Å². The van der Waals surface area contributed by atoms with Crippen molar-refractivity contribution in [2.24, 2.45) is 5.92 Å². The molecule has 0 saturated carbocycles.